The van der Waals surface area contributed by atoms with Crippen molar-refractivity contribution in [1.29, 1.82) is 0 Å². The van der Waals surface area contributed by atoms with E-state index >= 15 is 0 Å². The van der Waals surface area contributed by atoms with Gasteiger partial charge in [0.15, 0.2) is 11.5 Å². The van der Waals surface area contributed by atoms with Gasteiger partial charge >= 0.3 is 0 Å². The maximum absolute atomic E-state index is 12.9. The number of aliphatic hydroxyl groups excluding tert-OH is 1. The Morgan fingerprint density at radius 3 is 2.53 bits per heavy atom. The maximum atomic E-state index is 12.9. The summed E-state index contributed by atoms with van der Waals surface area (Å²) in [5.41, 5.74) is 3.71. The second-order valence-electron chi connectivity index (χ2n) is 9.85. The second-order valence-corrected chi connectivity index (χ2v) is 12.5. The number of carbonyl (C=O) groups excluding carboxylic acids is 1. The largest absolute Gasteiger partial charge is 0.508 e. The normalized spacial score (nSPS) is 23.3. The van der Waals surface area contributed by atoms with Gasteiger partial charge in [0.25, 0.3) is 0 Å². The summed E-state index contributed by atoms with van der Waals surface area (Å²) in [5, 5.41) is 34.2. The Labute approximate surface area is 219 Å². The lowest BCUT2D eigenvalue weighted by atomic mass is 9.83. The SMILES string of the molecule is COc1c(O)ccc2c1-c1ccc3ccc(O)cc3c1CSSC1CCC(CC1)C(O)CC(=O)CC2. The summed E-state index contributed by atoms with van der Waals surface area (Å²) >= 11 is 0. The van der Waals surface area contributed by atoms with Gasteiger partial charge in [-0.15, -0.1) is 0 Å². The zero-order valence-electron chi connectivity index (χ0n) is 20.4. The molecule has 1 fully saturated rings. The molecule has 0 spiro atoms. The molecule has 1 unspecified atom stereocenters. The lowest BCUT2D eigenvalue weighted by Gasteiger charge is -2.31. The van der Waals surface area contributed by atoms with Crippen molar-refractivity contribution in [2.75, 3.05) is 7.11 Å². The van der Waals surface area contributed by atoms with E-state index in [2.05, 4.69) is 6.07 Å². The third-order valence-electron chi connectivity index (χ3n) is 7.59. The molecule has 0 radical (unpaired) electrons. The smallest absolute Gasteiger partial charge is 0.168 e. The van der Waals surface area contributed by atoms with Gasteiger partial charge < -0.3 is 20.1 Å². The zero-order valence-corrected chi connectivity index (χ0v) is 22.0. The minimum Gasteiger partial charge on any atom is -0.508 e. The average molecular weight is 525 g/mol. The van der Waals surface area contributed by atoms with Crippen molar-refractivity contribution in [2.45, 2.75) is 62.1 Å². The molecule has 2 aliphatic heterocycles. The first-order chi connectivity index (χ1) is 17.4. The van der Waals surface area contributed by atoms with Crippen molar-refractivity contribution in [1.82, 2.24) is 0 Å². The molecule has 3 aromatic carbocycles. The molecule has 1 atom stereocenters. The van der Waals surface area contributed by atoms with Crippen LogP contribution in [0.1, 0.15) is 49.7 Å². The minimum absolute atomic E-state index is 0.0497. The van der Waals surface area contributed by atoms with Crippen molar-refractivity contribution in [3.05, 3.63) is 53.6 Å². The first-order valence-corrected chi connectivity index (χ1v) is 14.9. The molecule has 1 saturated carbocycles. The van der Waals surface area contributed by atoms with E-state index < -0.39 is 6.10 Å². The van der Waals surface area contributed by atoms with E-state index in [1.807, 2.05) is 45.9 Å². The minimum atomic E-state index is -0.572. The summed E-state index contributed by atoms with van der Waals surface area (Å²) in [4.78, 5) is 12.9. The van der Waals surface area contributed by atoms with Gasteiger partial charge in [-0.1, -0.05) is 45.9 Å². The first kappa shape index (κ1) is 25.3. The fourth-order valence-electron chi connectivity index (χ4n) is 5.62. The van der Waals surface area contributed by atoms with Crippen molar-refractivity contribution in [2.24, 2.45) is 5.92 Å². The highest BCUT2D eigenvalue weighted by Crippen LogP contribution is 2.47. The van der Waals surface area contributed by atoms with Crippen LogP contribution in [0.2, 0.25) is 0 Å². The van der Waals surface area contributed by atoms with Crippen LogP contribution >= 0.6 is 21.6 Å². The number of aryl methyl sites for hydroxylation is 1. The standard InChI is InChI=1S/C29H32O5S2/c1-34-29-26(32)13-7-19-3-9-21(31)15-27(33)18-4-10-22(11-5-18)36-35-16-25-23(28(19)29)12-6-17-2-8-20(30)14-24(17)25/h2,6-8,12-14,18,22,27,30,32-33H,3-5,9-11,15-16H2,1H3. The van der Waals surface area contributed by atoms with E-state index in [-0.39, 0.29) is 29.6 Å². The van der Waals surface area contributed by atoms with Crippen LogP contribution in [-0.4, -0.2) is 39.6 Å². The number of benzene rings is 3. The van der Waals surface area contributed by atoms with Gasteiger partial charge in [0.2, 0.25) is 0 Å². The van der Waals surface area contributed by atoms with E-state index in [1.165, 1.54) is 0 Å². The second kappa shape index (κ2) is 11.0. The number of ether oxygens (including phenoxy) is 1. The Morgan fingerprint density at radius 2 is 1.75 bits per heavy atom. The highest BCUT2D eigenvalue weighted by molar-refractivity contribution is 8.76. The van der Waals surface area contributed by atoms with Gasteiger partial charge in [-0.3, -0.25) is 4.79 Å². The lowest BCUT2D eigenvalue weighted by Crippen LogP contribution is -2.28. The summed E-state index contributed by atoms with van der Waals surface area (Å²) in [5.74, 6) is 1.63. The van der Waals surface area contributed by atoms with Gasteiger partial charge in [-0.2, -0.15) is 0 Å². The van der Waals surface area contributed by atoms with Crippen molar-refractivity contribution in [3.63, 3.8) is 0 Å². The van der Waals surface area contributed by atoms with E-state index in [1.54, 1.807) is 19.2 Å². The van der Waals surface area contributed by atoms with Crippen LogP contribution in [-0.2, 0) is 17.0 Å². The van der Waals surface area contributed by atoms with E-state index in [4.69, 9.17) is 4.74 Å². The molecule has 7 heteroatoms. The van der Waals surface area contributed by atoms with Gasteiger partial charge in [0, 0.05) is 29.4 Å². The molecule has 1 aliphatic carbocycles. The summed E-state index contributed by atoms with van der Waals surface area (Å²) < 4.78 is 5.69. The van der Waals surface area contributed by atoms with Crippen LogP contribution in [0.4, 0.5) is 0 Å². The quantitative estimate of drug-likeness (QED) is 0.308. The summed E-state index contributed by atoms with van der Waals surface area (Å²) in [6.07, 6.45) is 4.44. The molecule has 6 rings (SSSR count). The summed E-state index contributed by atoms with van der Waals surface area (Å²) in [7, 11) is 5.26. The van der Waals surface area contributed by atoms with Crippen molar-refractivity contribution in [3.8, 4) is 28.4 Å². The van der Waals surface area contributed by atoms with Gasteiger partial charge in [0.1, 0.15) is 11.5 Å². The number of phenolic OH excluding ortho intramolecular Hbond substituents is 2. The molecular formula is C29H32O5S2. The molecule has 3 N–H and O–H groups in total. The molecule has 3 aliphatic rings. The number of carbonyl (C=O) groups is 1. The number of methoxy groups -OCH3 is 1. The number of aliphatic hydroxyl groups is 1. The van der Waals surface area contributed by atoms with Crippen LogP contribution in [0.5, 0.6) is 17.2 Å². The van der Waals surface area contributed by atoms with Crippen molar-refractivity contribution >= 4 is 38.1 Å². The predicted octanol–water partition coefficient (Wildman–Crippen LogP) is 6.63. The number of Topliss-reactive ketones (excluding diaryl/α,β-unsaturated/α-hetero) is 1. The van der Waals surface area contributed by atoms with Crippen LogP contribution in [0.3, 0.4) is 0 Å². The molecular weight excluding hydrogens is 492 g/mol. The van der Waals surface area contributed by atoms with Gasteiger partial charge in [-0.05, 0) is 83.7 Å². The Bertz CT molecular complexity index is 1270. The molecule has 0 saturated heterocycles. The third kappa shape index (κ3) is 5.20. The first-order valence-electron chi connectivity index (χ1n) is 12.6. The number of hydrogen-bond donors (Lipinski definition) is 3. The van der Waals surface area contributed by atoms with Crippen LogP contribution < -0.4 is 4.74 Å². The third-order valence-corrected chi connectivity index (χ3v) is 10.5. The van der Waals surface area contributed by atoms with E-state index in [0.717, 1.165) is 64.5 Å². The zero-order chi connectivity index (χ0) is 25.2. The maximum Gasteiger partial charge on any atom is 0.168 e. The number of rotatable bonds is 1. The number of ketones is 1. The molecule has 190 valence electrons. The lowest BCUT2D eigenvalue weighted by molar-refractivity contribution is -0.121. The van der Waals surface area contributed by atoms with E-state index in [9.17, 15) is 20.1 Å². The molecule has 36 heavy (non-hydrogen) atoms. The monoisotopic (exact) mass is 524 g/mol. The van der Waals surface area contributed by atoms with Crippen molar-refractivity contribution < 1.29 is 24.9 Å². The van der Waals surface area contributed by atoms with E-state index in [0.29, 0.717) is 23.8 Å². The molecule has 2 bridgehead atoms. The molecule has 0 amide bonds. The predicted molar refractivity (Wildman–Crippen MR) is 148 cm³/mol. The molecule has 0 aromatic heterocycles. The summed E-state index contributed by atoms with van der Waals surface area (Å²) in [6, 6.07) is 13.0. The van der Waals surface area contributed by atoms with Gasteiger partial charge in [-0.25, -0.2) is 0 Å². The Hall–Kier alpha value is -2.35. The number of phenols is 2. The molecule has 2 heterocycles. The van der Waals surface area contributed by atoms with Gasteiger partial charge in [0.05, 0.1) is 13.2 Å². The number of aromatic hydroxyl groups is 2. The number of fused-ring (bicyclic) bond motifs is 9. The van der Waals surface area contributed by atoms with Crippen LogP contribution in [0.25, 0.3) is 21.9 Å². The summed E-state index contributed by atoms with van der Waals surface area (Å²) in [6.45, 7) is 0. The average Bonchev–Trinajstić information content (AvgIpc) is 2.87. The Kier molecular flexibility index (Phi) is 7.70. The molecule has 3 aromatic rings. The molecule has 5 nitrogen and oxygen atoms in total. The topological polar surface area (TPSA) is 87.0 Å². The fourth-order valence-corrected chi connectivity index (χ4v) is 8.48. The Morgan fingerprint density at radius 1 is 0.972 bits per heavy atom. The van der Waals surface area contributed by atoms with Crippen LogP contribution in [0.15, 0.2) is 42.5 Å². The number of hydrogen-bond acceptors (Lipinski definition) is 7. The highest BCUT2D eigenvalue weighted by atomic mass is 33.1. The Balaban J connectivity index is 1.65. The highest BCUT2D eigenvalue weighted by Gasteiger charge is 2.29. The fraction of sp³-hybridized carbons (Fsp3) is 0.414. The van der Waals surface area contributed by atoms with Crippen LogP contribution in [0, 0.1) is 5.92 Å².